The van der Waals surface area contributed by atoms with Crippen molar-refractivity contribution in [3.63, 3.8) is 0 Å². The number of rotatable bonds is 9. The fraction of sp³-hybridized carbons (Fsp3) is 0.458. The Morgan fingerprint density at radius 1 is 1.12 bits per heavy atom. The van der Waals surface area contributed by atoms with E-state index in [4.69, 9.17) is 4.74 Å². The second kappa shape index (κ2) is 12.1. The highest BCUT2D eigenvalue weighted by Gasteiger charge is 2.32. The van der Waals surface area contributed by atoms with Crippen LogP contribution < -0.4 is 0 Å². The molecule has 1 saturated heterocycles. The molecule has 0 bridgehead atoms. The van der Waals surface area contributed by atoms with Crippen molar-refractivity contribution in [2.45, 2.75) is 26.4 Å². The first-order chi connectivity index (χ1) is 16.0. The Morgan fingerprint density at radius 2 is 1.88 bits per heavy atom. The molecule has 9 heteroatoms. The third-order valence-electron chi connectivity index (χ3n) is 5.67. The number of hydrogen-bond acceptors (Lipinski definition) is 6. The number of carbonyl (C=O) groups excluding carboxylic acids is 3. The fourth-order valence-electron chi connectivity index (χ4n) is 3.79. The Kier molecular flexibility index (Phi) is 8.88. The van der Waals surface area contributed by atoms with Crippen LogP contribution in [0.3, 0.4) is 0 Å². The van der Waals surface area contributed by atoms with Crippen LogP contribution in [0.25, 0.3) is 0 Å². The van der Waals surface area contributed by atoms with E-state index < -0.39 is 6.10 Å². The highest BCUT2D eigenvalue weighted by atomic mass is 16.5. The molecule has 1 aromatic heterocycles. The van der Waals surface area contributed by atoms with Gasteiger partial charge in [-0.3, -0.25) is 19.4 Å². The molecule has 0 N–H and O–H groups in total. The van der Waals surface area contributed by atoms with E-state index >= 15 is 0 Å². The van der Waals surface area contributed by atoms with Gasteiger partial charge in [-0.05, 0) is 25.8 Å². The van der Waals surface area contributed by atoms with Crippen LogP contribution in [0.15, 0.2) is 48.9 Å². The number of likely N-dealkylation sites (N-methyl/N-ethyl adjacent to an activating group) is 1. The molecule has 2 aromatic rings. The van der Waals surface area contributed by atoms with E-state index in [9.17, 15) is 14.4 Å². The van der Waals surface area contributed by atoms with Gasteiger partial charge in [-0.15, -0.1) is 0 Å². The van der Waals surface area contributed by atoms with Crippen LogP contribution in [0, 0.1) is 0 Å². The van der Waals surface area contributed by atoms with Crippen LogP contribution in [0.4, 0.5) is 0 Å². The Labute approximate surface area is 194 Å². The van der Waals surface area contributed by atoms with Gasteiger partial charge < -0.3 is 19.4 Å². The van der Waals surface area contributed by atoms with E-state index in [-0.39, 0.29) is 43.1 Å². The molecule has 176 valence electrons. The van der Waals surface area contributed by atoms with Crippen molar-refractivity contribution in [2.24, 2.45) is 0 Å². The maximum absolute atomic E-state index is 13.0. The zero-order valence-electron chi connectivity index (χ0n) is 19.2. The van der Waals surface area contributed by atoms with Gasteiger partial charge in [-0.25, -0.2) is 4.98 Å². The molecular formula is C24H31N5O4. The lowest BCUT2D eigenvalue weighted by Gasteiger charge is -2.26. The minimum atomic E-state index is -0.493. The van der Waals surface area contributed by atoms with E-state index in [1.807, 2.05) is 44.2 Å². The summed E-state index contributed by atoms with van der Waals surface area (Å²) < 4.78 is 5.94. The van der Waals surface area contributed by atoms with Gasteiger partial charge in [0.25, 0.3) is 5.91 Å². The number of hydrogen-bond donors (Lipinski definition) is 0. The minimum Gasteiger partial charge on any atom is -0.365 e. The number of ether oxygens (including phenoxy) is 1. The van der Waals surface area contributed by atoms with Gasteiger partial charge in [0.1, 0.15) is 18.8 Å². The molecule has 0 radical (unpaired) electrons. The van der Waals surface area contributed by atoms with E-state index in [0.29, 0.717) is 32.6 Å². The Bertz CT molecular complexity index is 921. The van der Waals surface area contributed by atoms with E-state index in [0.717, 1.165) is 5.56 Å². The van der Waals surface area contributed by atoms with Crippen molar-refractivity contribution < 1.29 is 19.1 Å². The first-order valence-corrected chi connectivity index (χ1v) is 11.3. The molecule has 1 atom stereocenters. The zero-order chi connectivity index (χ0) is 23.6. The van der Waals surface area contributed by atoms with Crippen molar-refractivity contribution in [2.75, 3.05) is 45.9 Å². The zero-order valence-corrected chi connectivity index (χ0v) is 19.2. The molecule has 9 nitrogen and oxygen atoms in total. The van der Waals surface area contributed by atoms with Crippen molar-refractivity contribution in [3.8, 4) is 0 Å². The molecule has 1 aliphatic heterocycles. The van der Waals surface area contributed by atoms with Crippen molar-refractivity contribution in [1.82, 2.24) is 24.7 Å². The van der Waals surface area contributed by atoms with Crippen molar-refractivity contribution in [3.05, 3.63) is 60.2 Å². The molecule has 2 heterocycles. The maximum Gasteiger partial charge on any atom is 0.274 e. The maximum atomic E-state index is 13.0. The Hall–Kier alpha value is -3.33. The highest BCUT2D eigenvalue weighted by molar-refractivity contribution is 5.95. The SMILES string of the molecule is CCN(CC)C(=O)CO[C@@H]1CN(CCc2ccccc2)C(=O)CN(C(=O)c2cnccn2)C1. The number of amides is 3. The average Bonchev–Trinajstić information content (AvgIpc) is 3.01. The summed E-state index contributed by atoms with van der Waals surface area (Å²) in [6.07, 6.45) is 4.50. The molecule has 0 saturated carbocycles. The second-order valence-corrected chi connectivity index (χ2v) is 7.85. The van der Waals surface area contributed by atoms with Crippen LogP contribution in [0.2, 0.25) is 0 Å². The number of benzene rings is 1. The molecule has 1 aliphatic rings. The lowest BCUT2D eigenvalue weighted by atomic mass is 10.1. The topological polar surface area (TPSA) is 95.9 Å². The van der Waals surface area contributed by atoms with E-state index in [1.165, 1.54) is 23.5 Å². The van der Waals surface area contributed by atoms with Gasteiger partial charge in [0.2, 0.25) is 11.8 Å². The lowest BCUT2D eigenvalue weighted by Crippen LogP contribution is -2.41. The van der Waals surface area contributed by atoms with E-state index in [2.05, 4.69) is 9.97 Å². The molecule has 0 spiro atoms. The van der Waals surface area contributed by atoms with Gasteiger partial charge >= 0.3 is 0 Å². The van der Waals surface area contributed by atoms with Gasteiger partial charge in [0.05, 0.1) is 12.3 Å². The molecule has 33 heavy (non-hydrogen) atoms. The highest BCUT2D eigenvalue weighted by Crippen LogP contribution is 2.13. The quantitative estimate of drug-likeness (QED) is 0.567. The minimum absolute atomic E-state index is 0.0753. The second-order valence-electron chi connectivity index (χ2n) is 7.85. The first kappa shape index (κ1) is 24.3. The summed E-state index contributed by atoms with van der Waals surface area (Å²) in [6, 6.07) is 9.91. The predicted octanol–water partition coefficient (Wildman–Crippen LogP) is 1.26. The lowest BCUT2D eigenvalue weighted by molar-refractivity contribution is -0.138. The Balaban J connectivity index is 1.73. The van der Waals surface area contributed by atoms with Crippen molar-refractivity contribution >= 4 is 17.7 Å². The van der Waals surface area contributed by atoms with Crippen LogP contribution in [-0.2, 0) is 20.7 Å². The summed E-state index contributed by atoms with van der Waals surface area (Å²) in [5.74, 6) is -0.660. The van der Waals surface area contributed by atoms with Crippen LogP contribution in [0.5, 0.6) is 0 Å². The molecular weight excluding hydrogens is 422 g/mol. The Morgan fingerprint density at radius 3 is 2.55 bits per heavy atom. The molecule has 1 aromatic carbocycles. The van der Waals surface area contributed by atoms with E-state index in [1.54, 1.807) is 9.80 Å². The molecule has 0 aliphatic carbocycles. The molecule has 0 unspecified atom stereocenters. The summed E-state index contributed by atoms with van der Waals surface area (Å²) >= 11 is 0. The third-order valence-corrected chi connectivity index (χ3v) is 5.67. The first-order valence-electron chi connectivity index (χ1n) is 11.3. The molecule has 3 amide bonds. The van der Waals surface area contributed by atoms with Gasteiger partial charge in [0, 0.05) is 45.1 Å². The van der Waals surface area contributed by atoms with Gasteiger partial charge in [0.15, 0.2) is 0 Å². The fourth-order valence-corrected chi connectivity index (χ4v) is 3.79. The molecule has 1 fully saturated rings. The summed E-state index contributed by atoms with van der Waals surface area (Å²) in [5.41, 5.74) is 1.29. The summed E-state index contributed by atoms with van der Waals surface area (Å²) in [7, 11) is 0. The van der Waals surface area contributed by atoms with Crippen LogP contribution in [-0.4, -0.2) is 94.4 Å². The van der Waals surface area contributed by atoms with Crippen molar-refractivity contribution in [1.29, 1.82) is 0 Å². The van der Waals surface area contributed by atoms with Gasteiger partial charge in [-0.2, -0.15) is 0 Å². The monoisotopic (exact) mass is 453 g/mol. The third kappa shape index (κ3) is 6.82. The average molecular weight is 454 g/mol. The van der Waals surface area contributed by atoms with Crippen LogP contribution >= 0.6 is 0 Å². The largest absolute Gasteiger partial charge is 0.365 e. The number of nitrogens with zero attached hydrogens (tertiary/aromatic N) is 5. The van der Waals surface area contributed by atoms with Crippen LogP contribution in [0.1, 0.15) is 29.9 Å². The number of aromatic nitrogens is 2. The normalized spacial score (nSPS) is 16.4. The molecule has 3 rings (SSSR count). The predicted molar refractivity (Wildman–Crippen MR) is 122 cm³/mol. The number of carbonyl (C=O) groups is 3. The standard InChI is InChI=1S/C24H31N5O4/c1-3-27(4-2)23(31)18-33-20-15-28(13-10-19-8-6-5-7-9-19)22(30)17-29(16-20)24(32)21-14-25-11-12-26-21/h5-9,11-12,14,20H,3-4,10,13,15-18H2,1-2H3/t20-/m1/s1. The smallest absolute Gasteiger partial charge is 0.274 e. The van der Waals surface area contributed by atoms with Gasteiger partial charge in [-0.1, -0.05) is 30.3 Å². The summed E-state index contributed by atoms with van der Waals surface area (Å²) in [6.45, 7) is 5.85. The summed E-state index contributed by atoms with van der Waals surface area (Å²) in [4.78, 5) is 51.3. The summed E-state index contributed by atoms with van der Waals surface area (Å²) in [5, 5.41) is 0.